The average Bonchev–Trinajstić information content (AvgIpc) is 2.34. The van der Waals surface area contributed by atoms with E-state index in [4.69, 9.17) is 16.0 Å². The molecule has 0 amide bonds. The fourth-order valence-electron chi connectivity index (χ4n) is 1.57. The Hall–Kier alpha value is -1.82. The minimum atomic E-state index is 0.0526. The lowest BCUT2D eigenvalue weighted by Crippen LogP contribution is -2.28. The highest BCUT2D eigenvalue weighted by Crippen LogP contribution is 2.14. The second-order valence-electron chi connectivity index (χ2n) is 3.64. The number of pyridine rings is 1. The highest BCUT2D eigenvalue weighted by molar-refractivity contribution is 5.97. The summed E-state index contributed by atoms with van der Waals surface area (Å²) in [4.78, 5) is 6.28. The first-order valence-electron chi connectivity index (χ1n) is 5.44. The van der Waals surface area contributed by atoms with Crippen LogP contribution in [-0.4, -0.2) is 40.8 Å². The Labute approximate surface area is 100 Å². The van der Waals surface area contributed by atoms with Crippen LogP contribution in [-0.2, 0) is 0 Å². The van der Waals surface area contributed by atoms with Crippen molar-refractivity contribution in [2.75, 3.05) is 24.6 Å². The highest BCUT2D eigenvalue weighted by atomic mass is 16.4. The van der Waals surface area contributed by atoms with Gasteiger partial charge in [-0.05, 0) is 26.0 Å². The Bertz CT molecular complexity index is 406. The third-order valence-electron chi connectivity index (χ3n) is 2.42. The first kappa shape index (κ1) is 13.2. The topological polar surface area (TPSA) is 95.0 Å². The Balaban J connectivity index is 3.11. The molecule has 0 spiro atoms. The van der Waals surface area contributed by atoms with Crippen LogP contribution >= 0.6 is 0 Å². The average molecular weight is 238 g/mol. The van der Waals surface area contributed by atoms with Crippen LogP contribution in [0.5, 0.6) is 0 Å². The second-order valence-corrected chi connectivity index (χ2v) is 3.64. The molecule has 0 unspecified atom stereocenters. The molecule has 0 aliphatic rings. The van der Waals surface area contributed by atoms with E-state index < -0.39 is 0 Å². The van der Waals surface area contributed by atoms with Crippen molar-refractivity contribution in [1.29, 1.82) is 0 Å². The van der Waals surface area contributed by atoms with Gasteiger partial charge in [0.15, 0.2) is 5.84 Å². The molecule has 0 saturated carbocycles. The van der Waals surface area contributed by atoms with Gasteiger partial charge in [-0.3, -0.25) is 0 Å². The standard InChI is InChI=1S/C11H18N4O2/c1-3-15(4-5-16)10-7-9(11(12)14-17)6-8(2)13-10/h6-7,16-17H,3-5H2,1-2H3,(H2,12,14). The van der Waals surface area contributed by atoms with Crippen molar-refractivity contribution >= 4 is 11.7 Å². The van der Waals surface area contributed by atoms with Crippen molar-refractivity contribution in [2.24, 2.45) is 10.9 Å². The monoisotopic (exact) mass is 238 g/mol. The first-order valence-corrected chi connectivity index (χ1v) is 5.44. The molecule has 94 valence electrons. The number of nitrogens with zero attached hydrogens (tertiary/aromatic N) is 3. The van der Waals surface area contributed by atoms with Gasteiger partial charge < -0.3 is 20.9 Å². The van der Waals surface area contributed by atoms with E-state index in [-0.39, 0.29) is 12.4 Å². The number of anilines is 1. The van der Waals surface area contributed by atoms with Crippen molar-refractivity contribution in [3.8, 4) is 0 Å². The minimum absolute atomic E-state index is 0.0526. The molecule has 0 radical (unpaired) electrons. The first-order chi connectivity index (χ1) is 8.12. The molecule has 1 heterocycles. The maximum absolute atomic E-state index is 8.97. The maximum atomic E-state index is 8.97. The number of nitrogens with two attached hydrogens (primary N) is 1. The molecule has 0 aliphatic carbocycles. The number of aliphatic hydroxyl groups excluding tert-OH is 1. The number of hydrogen-bond donors (Lipinski definition) is 3. The Kier molecular flexibility index (Phi) is 4.71. The minimum Gasteiger partial charge on any atom is -0.409 e. The van der Waals surface area contributed by atoms with E-state index in [0.717, 1.165) is 12.2 Å². The molecule has 1 aromatic rings. The van der Waals surface area contributed by atoms with Crippen molar-refractivity contribution in [3.05, 3.63) is 23.4 Å². The summed E-state index contributed by atoms with van der Waals surface area (Å²) < 4.78 is 0. The van der Waals surface area contributed by atoms with Crippen molar-refractivity contribution in [1.82, 2.24) is 4.98 Å². The summed E-state index contributed by atoms with van der Waals surface area (Å²) >= 11 is 0. The molecule has 1 rings (SSSR count). The van der Waals surface area contributed by atoms with Crippen LogP contribution in [0.15, 0.2) is 17.3 Å². The lowest BCUT2D eigenvalue weighted by Gasteiger charge is -2.21. The molecule has 1 aromatic heterocycles. The van der Waals surface area contributed by atoms with Gasteiger partial charge in [0, 0.05) is 24.3 Å². The Morgan fingerprint density at radius 2 is 2.24 bits per heavy atom. The van der Waals surface area contributed by atoms with E-state index in [9.17, 15) is 0 Å². The zero-order chi connectivity index (χ0) is 12.8. The zero-order valence-corrected chi connectivity index (χ0v) is 10.1. The van der Waals surface area contributed by atoms with E-state index in [1.54, 1.807) is 12.1 Å². The predicted octanol–water partition coefficient (Wildman–Crippen LogP) is 0.303. The van der Waals surface area contributed by atoms with Gasteiger partial charge in [-0.25, -0.2) is 4.98 Å². The molecule has 0 bridgehead atoms. The van der Waals surface area contributed by atoms with Crippen LogP contribution in [0.4, 0.5) is 5.82 Å². The van der Waals surface area contributed by atoms with E-state index in [0.29, 0.717) is 17.9 Å². The number of likely N-dealkylation sites (N-methyl/N-ethyl adjacent to an activating group) is 1. The van der Waals surface area contributed by atoms with Crippen LogP contribution < -0.4 is 10.6 Å². The van der Waals surface area contributed by atoms with Gasteiger partial charge in [-0.15, -0.1) is 0 Å². The summed E-state index contributed by atoms with van der Waals surface area (Å²) in [6.07, 6.45) is 0. The molecule has 0 aromatic carbocycles. The lowest BCUT2D eigenvalue weighted by atomic mass is 10.2. The summed E-state index contributed by atoms with van der Waals surface area (Å²) in [5.41, 5.74) is 6.95. The summed E-state index contributed by atoms with van der Waals surface area (Å²) in [6.45, 7) is 5.10. The van der Waals surface area contributed by atoms with Crippen LogP contribution in [0, 0.1) is 6.92 Å². The summed E-state index contributed by atoms with van der Waals surface area (Å²) in [5, 5.41) is 20.6. The van der Waals surface area contributed by atoms with Crippen LogP contribution in [0.1, 0.15) is 18.2 Å². The Morgan fingerprint density at radius 3 is 2.76 bits per heavy atom. The number of aliphatic hydroxyl groups is 1. The molecule has 0 atom stereocenters. The maximum Gasteiger partial charge on any atom is 0.170 e. The smallest absolute Gasteiger partial charge is 0.170 e. The molecular weight excluding hydrogens is 220 g/mol. The number of oxime groups is 1. The molecule has 6 heteroatoms. The number of aromatic nitrogens is 1. The number of hydrogen-bond acceptors (Lipinski definition) is 5. The lowest BCUT2D eigenvalue weighted by molar-refractivity contribution is 0.302. The predicted molar refractivity (Wildman–Crippen MR) is 66.5 cm³/mol. The number of rotatable bonds is 5. The van der Waals surface area contributed by atoms with Crippen molar-refractivity contribution < 1.29 is 10.3 Å². The summed E-state index contributed by atoms with van der Waals surface area (Å²) in [6, 6.07) is 3.48. The SMILES string of the molecule is CCN(CCO)c1cc(/C(N)=N/O)cc(C)n1. The van der Waals surface area contributed by atoms with Gasteiger partial charge in [0.2, 0.25) is 0 Å². The fourth-order valence-corrected chi connectivity index (χ4v) is 1.57. The molecule has 0 fully saturated rings. The summed E-state index contributed by atoms with van der Waals surface area (Å²) in [7, 11) is 0. The van der Waals surface area contributed by atoms with E-state index in [2.05, 4.69) is 10.1 Å². The van der Waals surface area contributed by atoms with E-state index in [1.165, 1.54) is 0 Å². The third kappa shape index (κ3) is 3.32. The van der Waals surface area contributed by atoms with Crippen LogP contribution in [0.3, 0.4) is 0 Å². The van der Waals surface area contributed by atoms with Gasteiger partial charge in [0.25, 0.3) is 0 Å². The third-order valence-corrected chi connectivity index (χ3v) is 2.42. The van der Waals surface area contributed by atoms with Gasteiger partial charge in [-0.1, -0.05) is 5.16 Å². The quantitative estimate of drug-likeness (QED) is 0.297. The molecule has 6 nitrogen and oxygen atoms in total. The highest BCUT2D eigenvalue weighted by Gasteiger charge is 2.09. The zero-order valence-electron chi connectivity index (χ0n) is 10.1. The number of aryl methyl sites for hydroxylation is 1. The van der Waals surface area contributed by atoms with E-state index >= 15 is 0 Å². The van der Waals surface area contributed by atoms with Crippen LogP contribution in [0.2, 0.25) is 0 Å². The molecule has 0 aliphatic heterocycles. The molecule has 4 N–H and O–H groups in total. The normalized spacial score (nSPS) is 11.6. The largest absolute Gasteiger partial charge is 0.409 e. The molecule has 0 saturated heterocycles. The molecule has 17 heavy (non-hydrogen) atoms. The van der Waals surface area contributed by atoms with Crippen molar-refractivity contribution in [2.45, 2.75) is 13.8 Å². The van der Waals surface area contributed by atoms with Gasteiger partial charge in [0.1, 0.15) is 5.82 Å². The Morgan fingerprint density at radius 1 is 1.53 bits per heavy atom. The van der Waals surface area contributed by atoms with Crippen molar-refractivity contribution in [3.63, 3.8) is 0 Å². The van der Waals surface area contributed by atoms with Gasteiger partial charge in [0.05, 0.1) is 6.61 Å². The van der Waals surface area contributed by atoms with Gasteiger partial charge >= 0.3 is 0 Å². The molecular formula is C11H18N4O2. The second kappa shape index (κ2) is 6.05. The number of amidine groups is 1. The summed E-state index contributed by atoms with van der Waals surface area (Å²) in [5.74, 6) is 0.764. The van der Waals surface area contributed by atoms with Gasteiger partial charge in [-0.2, -0.15) is 0 Å². The van der Waals surface area contributed by atoms with E-state index in [1.807, 2.05) is 18.7 Å². The fraction of sp³-hybridized carbons (Fsp3) is 0.455. The van der Waals surface area contributed by atoms with Crippen LogP contribution in [0.25, 0.3) is 0 Å².